The molecular weight excluding hydrogens is 240 g/mol. The van der Waals surface area contributed by atoms with Gasteiger partial charge in [0, 0.05) is 30.4 Å². The molecule has 3 aliphatic heterocycles. The largest absolute Gasteiger partial charge is 0.486 e. The second-order valence-corrected chi connectivity index (χ2v) is 5.58. The Morgan fingerprint density at radius 2 is 2.00 bits per heavy atom. The van der Waals surface area contributed by atoms with Gasteiger partial charge in [0.05, 0.1) is 0 Å². The van der Waals surface area contributed by atoms with E-state index in [1.807, 2.05) is 0 Å². The molecule has 0 spiro atoms. The molecule has 4 rings (SSSR count). The summed E-state index contributed by atoms with van der Waals surface area (Å²) in [7, 11) is 0. The number of rotatable bonds is 1. The lowest BCUT2D eigenvalue weighted by Gasteiger charge is -2.39. The molecule has 1 aromatic rings. The lowest BCUT2D eigenvalue weighted by Crippen LogP contribution is -2.48. The number of piperidine rings is 1. The summed E-state index contributed by atoms with van der Waals surface area (Å²) in [5.74, 6) is 1.78. The van der Waals surface area contributed by atoms with E-state index in [0.717, 1.165) is 24.6 Å². The number of ether oxygens (including phenoxy) is 2. The zero-order valence-corrected chi connectivity index (χ0v) is 11.1. The minimum atomic E-state index is 0.649. The second-order valence-electron chi connectivity index (χ2n) is 5.58. The van der Waals surface area contributed by atoms with Crippen LogP contribution in [0, 0.1) is 0 Å². The fourth-order valence-corrected chi connectivity index (χ4v) is 3.60. The molecule has 0 radical (unpaired) electrons. The Hall–Kier alpha value is -1.42. The smallest absolute Gasteiger partial charge is 0.163 e. The molecule has 19 heavy (non-hydrogen) atoms. The van der Waals surface area contributed by atoms with Crippen molar-refractivity contribution in [2.45, 2.75) is 31.3 Å². The van der Waals surface area contributed by atoms with E-state index in [0.29, 0.717) is 25.3 Å². The van der Waals surface area contributed by atoms with Crippen molar-refractivity contribution in [2.75, 3.05) is 31.2 Å². The Balaban J connectivity index is 1.64. The van der Waals surface area contributed by atoms with Crippen LogP contribution < -0.4 is 19.7 Å². The highest BCUT2D eigenvalue weighted by atomic mass is 16.6. The Morgan fingerprint density at radius 1 is 1.11 bits per heavy atom. The van der Waals surface area contributed by atoms with Crippen LogP contribution in [0.1, 0.15) is 19.3 Å². The van der Waals surface area contributed by atoms with Crippen molar-refractivity contribution in [3.05, 3.63) is 18.2 Å². The van der Waals surface area contributed by atoms with E-state index in [1.54, 1.807) is 0 Å². The molecule has 0 aromatic heterocycles. The van der Waals surface area contributed by atoms with Gasteiger partial charge < -0.3 is 19.7 Å². The average Bonchev–Trinajstić information content (AvgIpc) is 2.95. The molecule has 2 saturated heterocycles. The predicted octanol–water partition coefficient (Wildman–Crippen LogP) is 1.79. The Kier molecular flexibility index (Phi) is 2.76. The van der Waals surface area contributed by atoms with Gasteiger partial charge in [-0.05, 0) is 37.9 Å². The molecule has 2 fully saturated rings. The first-order valence-corrected chi connectivity index (χ1v) is 7.31. The molecule has 0 aliphatic carbocycles. The van der Waals surface area contributed by atoms with Gasteiger partial charge in [-0.25, -0.2) is 0 Å². The third kappa shape index (κ3) is 1.94. The molecular formula is C15H20N2O2. The quantitative estimate of drug-likeness (QED) is 0.834. The van der Waals surface area contributed by atoms with E-state index in [2.05, 4.69) is 28.4 Å². The fraction of sp³-hybridized carbons (Fsp3) is 0.600. The minimum absolute atomic E-state index is 0.649. The molecule has 4 heteroatoms. The molecule has 2 atom stereocenters. The molecule has 0 amide bonds. The summed E-state index contributed by atoms with van der Waals surface area (Å²) >= 11 is 0. The van der Waals surface area contributed by atoms with Crippen molar-refractivity contribution >= 4 is 5.69 Å². The van der Waals surface area contributed by atoms with Crippen molar-refractivity contribution in [2.24, 2.45) is 0 Å². The molecule has 3 heterocycles. The lowest BCUT2D eigenvalue weighted by molar-refractivity contribution is 0.171. The van der Waals surface area contributed by atoms with E-state index in [-0.39, 0.29) is 0 Å². The minimum Gasteiger partial charge on any atom is -0.486 e. The molecule has 1 aromatic carbocycles. The molecule has 2 unspecified atom stereocenters. The molecule has 0 saturated carbocycles. The normalized spacial score (nSPS) is 29.2. The number of anilines is 1. The summed E-state index contributed by atoms with van der Waals surface area (Å²) in [6.07, 6.45) is 3.83. The Bertz CT molecular complexity index is 477. The first-order chi connectivity index (χ1) is 9.42. The number of hydrogen-bond donors (Lipinski definition) is 1. The molecule has 1 N–H and O–H groups in total. The molecule has 3 aliphatic rings. The molecule has 0 bridgehead atoms. The summed E-state index contributed by atoms with van der Waals surface area (Å²) in [5, 5.41) is 3.62. The first kappa shape index (κ1) is 11.4. The van der Waals surface area contributed by atoms with Crippen LogP contribution in [-0.2, 0) is 0 Å². The van der Waals surface area contributed by atoms with E-state index in [9.17, 15) is 0 Å². The van der Waals surface area contributed by atoms with Gasteiger partial charge in [-0.2, -0.15) is 0 Å². The maximum absolute atomic E-state index is 5.70. The topological polar surface area (TPSA) is 33.7 Å². The monoisotopic (exact) mass is 260 g/mol. The van der Waals surface area contributed by atoms with Crippen LogP contribution in [0.5, 0.6) is 11.5 Å². The van der Waals surface area contributed by atoms with Gasteiger partial charge in [-0.3, -0.25) is 0 Å². The second kappa shape index (κ2) is 4.60. The summed E-state index contributed by atoms with van der Waals surface area (Å²) in [5.41, 5.74) is 1.28. The summed E-state index contributed by atoms with van der Waals surface area (Å²) in [6.45, 7) is 3.62. The van der Waals surface area contributed by atoms with Gasteiger partial charge in [0.15, 0.2) is 11.5 Å². The first-order valence-electron chi connectivity index (χ1n) is 7.31. The van der Waals surface area contributed by atoms with Crippen LogP contribution in [0.3, 0.4) is 0 Å². The van der Waals surface area contributed by atoms with Crippen LogP contribution in [-0.4, -0.2) is 38.4 Å². The van der Waals surface area contributed by atoms with E-state index in [1.165, 1.54) is 24.9 Å². The van der Waals surface area contributed by atoms with E-state index in [4.69, 9.17) is 9.47 Å². The van der Waals surface area contributed by atoms with Crippen LogP contribution in [0.25, 0.3) is 0 Å². The maximum atomic E-state index is 5.70. The fourth-order valence-electron chi connectivity index (χ4n) is 3.60. The zero-order chi connectivity index (χ0) is 12.7. The zero-order valence-electron chi connectivity index (χ0n) is 11.1. The van der Waals surface area contributed by atoms with Crippen molar-refractivity contribution in [3.63, 3.8) is 0 Å². The third-order valence-electron chi connectivity index (χ3n) is 4.48. The highest BCUT2D eigenvalue weighted by Gasteiger charge is 2.35. The maximum Gasteiger partial charge on any atom is 0.163 e. The van der Waals surface area contributed by atoms with Crippen molar-refractivity contribution < 1.29 is 9.47 Å². The van der Waals surface area contributed by atoms with Crippen LogP contribution in [0.4, 0.5) is 5.69 Å². The van der Waals surface area contributed by atoms with Crippen molar-refractivity contribution in [3.8, 4) is 11.5 Å². The van der Waals surface area contributed by atoms with Gasteiger partial charge in [0.1, 0.15) is 13.2 Å². The van der Waals surface area contributed by atoms with Gasteiger partial charge in [-0.1, -0.05) is 0 Å². The highest BCUT2D eigenvalue weighted by molar-refractivity contribution is 5.58. The standard InChI is InChI=1S/C15H20N2O2/c1-2-12-13(5-6-16-12)17(7-1)11-3-4-14-15(10-11)19-9-8-18-14/h3-4,10,12-13,16H,1-2,5-9H2. The number of nitrogens with zero attached hydrogens (tertiary/aromatic N) is 1. The molecule has 4 nitrogen and oxygen atoms in total. The Labute approximate surface area is 113 Å². The number of benzene rings is 1. The average molecular weight is 260 g/mol. The van der Waals surface area contributed by atoms with Crippen LogP contribution >= 0.6 is 0 Å². The summed E-state index contributed by atoms with van der Waals surface area (Å²) in [6, 6.07) is 7.69. The van der Waals surface area contributed by atoms with E-state index < -0.39 is 0 Å². The van der Waals surface area contributed by atoms with Gasteiger partial charge in [0.2, 0.25) is 0 Å². The van der Waals surface area contributed by atoms with E-state index >= 15 is 0 Å². The van der Waals surface area contributed by atoms with Gasteiger partial charge >= 0.3 is 0 Å². The SMILES string of the molecule is c1cc2c(cc1N1CCCC3NCCC31)OCCO2. The van der Waals surface area contributed by atoms with Crippen LogP contribution in [0.15, 0.2) is 18.2 Å². The summed E-state index contributed by atoms with van der Waals surface area (Å²) in [4.78, 5) is 2.55. The van der Waals surface area contributed by atoms with Crippen molar-refractivity contribution in [1.82, 2.24) is 5.32 Å². The predicted molar refractivity (Wildman–Crippen MR) is 74.2 cm³/mol. The lowest BCUT2D eigenvalue weighted by atomic mass is 9.96. The Morgan fingerprint density at radius 3 is 2.95 bits per heavy atom. The third-order valence-corrected chi connectivity index (χ3v) is 4.48. The van der Waals surface area contributed by atoms with Crippen LogP contribution in [0.2, 0.25) is 0 Å². The number of nitrogens with one attached hydrogen (secondary N) is 1. The van der Waals surface area contributed by atoms with Gasteiger partial charge in [-0.15, -0.1) is 0 Å². The molecule has 102 valence electrons. The van der Waals surface area contributed by atoms with Crippen molar-refractivity contribution in [1.29, 1.82) is 0 Å². The highest BCUT2D eigenvalue weighted by Crippen LogP contribution is 2.37. The number of hydrogen-bond acceptors (Lipinski definition) is 4. The number of fused-ring (bicyclic) bond motifs is 2. The van der Waals surface area contributed by atoms with Gasteiger partial charge in [0.25, 0.3) is 0 Å². The summed E-state index contributed by atoms with van der Waals surface area (Å²) < 4.78 is 11.3.